The molecule has 0 saturated heterocycles. The van der Waals surface area contributed by atoms with E-state index in [2.05, 4.69) is 27.3 Å². The van der Waals surface area contributed by atoms with Crippen molar-refractivity contribution in [3.63, 3.8) is 0 Å². The van der Waals surface area contributed by atoms with E-state index in [-0.39, 0.29) is 5.91 Å². The second-order valence-corrected chi connectivity index (χ2v) is 5.76. The summed E-state index contributed by atoms with van der Waals surface area (Å²) < 4.78 is 7.20. The van der Waals surface area contributed by atoms with Crippen LogP contribution in [0.5, 0.6) is 5.75 Å². The molecule has 2 aromatic heterocycles. The zero-order valence-electron chi connectivity index (χ0n) is 14.6. The molecule has 1 aromatic carbocycles. The zero-order chi connectivity index (χ0) is 18.2. The van der Waals surface area contributed by atoms with E-state index in [0.717, 1.165) is 25.0 Å². The molecule has 2 heterocycles. The van der Waals surface area contributed by atoms with Crippen LogP contribution in [-0.2, 0) is 0 Å². The summed E-state index contributed by atoms with van der Waals surface area (Å²) in [6.45, 7) is 2.85. The van der Waals surface area contributed by atoms with Crippen LogP contribution in [0.15, 0.2) is 55.1 Å². The predicted octanol–water partition coefficient (Wildman–Crippen LogP) is 3.48. The Labute approximate surface area is 152 Å². The van der Waals surface area contributed by atoms with Gasteiger partial charge in [0.25, 0.3) is 11.9 Å². The highest BCUT2D eigenvalue weighted by atomic mass is 16.5. The molecule has 0 atom stereocenters. The maximum absolute atomic E-state index is 12.3. The highest BCUT2D eigenvalue weighted by Crippen LogP contribution is 2.14. The van der Waals surface area contributed by atoms with Crippen LogP contribution in [0.4, 0.5) is 5.69 Å². The molecule has 7 nitrogen and oxygen atoms in total. The molecule has 0 aliphatic heterocycles. The fraction of sp³-hybridized carbons (Fsp3) is 0.263. The maximum Gasteiger partial charge on any atom is 0.255 e. The predicted molar refractivity (Wildman–Crippen MR) is 98.6 cm³/mol. The van der Waals surface area contributed by atoms with Crippen LogP contribution >= 0.6 is 0 Å². The first kappa shape index (κ1) is 17.6. The van der Waals surface area contributed by atoms with Crippen molar-refractivity contribution in [2.24, 2.45) is 0 Å². The van der Waals surface area contributed by atoms with Gasteiger partial charge in [0, 0.05) is 18.0 Å². The van der Waals surface area contributed by atoms with Gasteiger partial charge < -0.3 is 10.1 Å². The lowest BCUT2D eigenvalue weighted by Gasteiger charge is -2.08. The number of ether oxygens (including phenoxy) is 1. The van der Waals surface area contributed by atoms with Crippen LogP contribution in [0.25, 0.3) is 5.95 Å². The summed E-state index contributed by atoms with van der Waals surface area (Å²) in [6.07, 6.45) is 9.85. The summed E-state index contributed by atoms with van der Waals surface area (Å²) in [5.74, 6) is 0.986. The lowest BCUT2D eigenvalue weighted by Crippen LogP contribution is -2.13. The van der Waals surface area contributed by atoms with Gasteiger partial charge in [0.1, 0.15) is 5.75 Å². The van der Waals surface area contributed by atoms with Crippen molar-refractivity contribution in [1.82, 2.24) is 19.7 Å². The SMILES string of the molecule is CCCCCOc1ccc(C(=O)Nc2cnc(-n3cccn3)nc2)cc1. The molecule has 1 amide bonds. The van der Waals surface area contributed by atoms with Crippen LogP contribution in [-0.4, -0.2) is 32.3 Å². The number of hydrogen-bond donors (Lipinski definition) is 1. The molecule has 0 unspecified atom stereocenters. The van der Waals surface area contributed by atoms with Crippen molar-refractivity contribution in [2.75, 3.05) is 11.9 Å². The van der Waals surface area contributed by atoms with Crippen LogP contribution in [0, 0.1) is 0 Å². The number of nitrogens with zero attached hydrogens (tertiary/aromatic N) is 4. The minimum Gasteiger partial charge on any atom is -0.494 e. The topological polar surface area (TPSA) is 81.9 Å². The Balaban J connectivity index is 1.56. The lowest BCUT2D eigenvalue weighted by molar-refractivity contribution is 0.102. The second-order valence-electron chi connectivity index (χ2n) is 5.76. The number of amides is 1. The maximum atomic E-state index is 12.3. The Hall–Kier alpha value is -3.22. The van der Waals surface area contributed by atoms with Crippen LogP contribution < -0.4 is 10.1 Å². The van der Waals surface area contributed by atoms with Crippen molar-refractivity contribution >= 4 is 11.6 Å². The molecule has 0 fully saturated rings. The van der Waals surface area contributed by atoms with E-state index in [0.29, 0.717) is 23.8 Å². The smallest absolute Gasteiger partial charge is 0.255 e. The van der Waals surface area contributed by atoms with E-state index in [1.54, 1.807) is 59.8 Å². The molecule has 3 aromatic rings. The fourth-order valence-corrected chi connectivity index (χ4v) is 2.34. The Kier molecular flexibility index (Phi) is 5.92. The molecule has 1 N–H and O–H groups in total. The normalized spacial score (nSPS) is 10.5. The number of carbonyl (C=O) groups is 1. The summed E-state index contributed by atoms with van der Waals surface area (Å²) in [6, 6.07) is 8.87. The number of aromatic nitrogens is 4. The summed E-state index contributed by atoms with van der Waals surface area (Å²) in [7, 11) is 0. The summed E-state index contributed by atoms with van der Waals surface area (Å²) >= 11 is 0. The van der Waals surface area contributed by atoms with E-state index in [4.69, 9.17) is 4.74 Å². The van der Waals surface area contributed by atoms with Crippen molar-refractivity contribution in [2.45, 2.75) is 26.2 Å². The van der Waals surface area contributed by atoms with Crippen LogP contribution in [0.3, 0.4) is 0 Å². The lowest BCUT2D eigenvalue weighted by atomic mass is 10.2. The molecule has 0 saturated carbocycles. The number of anilines is 1. The van der Waals surface area contributed by atoms with Crippen molar-refractivity contribution in [1.29, 1.82) is 0 Å². The first-order valence-electron chi connectivity index (χ1n) is 8.62. The molecule has 0 radical (unpaired) electrons. The van der Waals surface area contributed by atoms with Crippen LogP contribution in [0.2, 0.25) is 0 Å². The molecular weight excluding hydrogens is 330 g/mol. The quantitative estimate of drug-likeness (QED) is 0.628. The highest BCUT2D eigenvalue weighted by molar-refractivity contribution is 6.04. The standard InChI is InChI=1S/C19H21N5O2/c1-2-3-4-12-26-17-8-6-15(7-9-17)18(25)23-16-13-20-19(21-14-16)24-11-5-10-22-24/h5-11,13-14H,2-4,12H2,1H3,(H,23,25). The molecule has 0 aliphatic rings. The van der Waals surface area contributed by atoms with E-state index >= 15 is 0 Å². The van der Waals surface area contributed by atoms with Crippen LogP contribution in [0.1, 0.15) is 36.5 Å². The number of unbranched alkanes of at least 4 members (excludes halogenated alkanes) is 2. The Morgan fingerprint density at radius 1 is 1.15 bits per heavy atom. The van der Waals surface area contributed by atoms with E-state index in [1.807, 2.05) is 0 Å². The van der Waals surface area contributed by atoms with E-state index in [1.165, 1.54) is 0 Å². The third kappa shape index (κ3) is 4.66. The Morgan fingerprint density at radius 2 is 1.92 bits per heavy atom. The third-order valence-corrected chi connectivity index (χ3v) is 3.74. The molecular formula is C19H21N5O2. The molecule has 7 heteroatoms. The first-order chi connectivity index (χ1) is 12.8. The highest BCUT2D eigenvalue weighted by Gasteiger charge is 2.08. The largest absolute Gasteiger partial charge is 0.494 e. The van der Waals surface area contributed by atoms with Gasteiger partial charge in [-0.3, -0.25) is 4.79 Å². The fourth-order valence-electron chi connectivity index (χ4n) is 2.34. The Bertz CT molecular complexity index is 814. The summed E-state index contributed by atoms with van der Waals surface area (Å²) in [4.78, 5) is 20.7. The minimum absolute atomic E-state index is 0.224. The molecule has 3 rings (SSSR count). The first-order valence-corrected chi connectivity index (χ1v) is 8.62. The average Bonchev–Trinajstić information content (AvgIpc) is 3.21. The van der Waals surface area contributed by atoms with Crippen molar-refractivity contribution in [3.05, 3.63) is 60.7 Å². The van der Waals surface area contributed by atoms with Gasteiger partial charge in [-0.25, -0.2) is 14.6 Å². The van der Waals surface area contributed by atoms with E-state index in [9.17, 15) is 4.79 Å². The number of carbonyl (C=O) groups excluding carboxylic acids is 1. The summed E-state index contributed by atoms with van der Waals surface area (Å²) in [5, 5.41) is 6.83. The molecule has 26 heavy (non-hydrogen) atoms. The van der Waals surface area contributed by atoms with Gasteiger partial charge in [-0.1, -0.05) is 19.8 Å². The number of benzene rings is 1. The average molecular weight is 351 g/mol. The zero-order valence-corrected chi connectivity index (χ0v) is 14.6. The van der Waals surface area contributed by atoms with Gasteiger partial charge >= 0.3 is 0 Å². The Morgan fingerprint density at radius 3 is 2.58 bits per heavy atom. The monoisotopic (exact) mass is 351 g/mol. The third-order valence-electron chi connectivity index (χ3n) is 3.74. The van der Waals surface area contributed by atoms with Gasteiger partial charge in [0.2, 0.25) is 0 Å². The van der Waals surface area contributed by atoms with Gasteiger partial charge in [0.05, 0.1) is 24.7 Å². The van der Waals surface area contributed by atoms with E-state index < -0.39 is 0 Å². The van der Waals surface area contributed by atoms with Gasteiger partial charge in [-0.15, -0.1) is 0 Å². The second kappa shape index (κ2) is 8.75. The minimum atomic E-state index is -0.224. The van der Waals surface area contributed by atoms with Gasteiger partial charge in [0.15, 0.2) is 0 Å². The molecule has 134 valence electrons. The number of nitrogens with one attached hydrogen (secondary N) is 1. The van der Waals surface area contributed by atoms with Crippen molar-refractivity contribution < 1.29 is 9.53 Å². The molecule has 0 bridgehead atoms. The summed E-state index contributed by atoms with van der Waals surface area (Å²) in [5.41, 5.74) is 1.06. The molecule has 0 spiro atoms. The number of hydrogen-bond acceptors (Lipinski definition) is 5. The van der Waals surface area contributed by atoms with Gasteiger partial charge in [-0.2, -0.15) is 5.10 Å². The molecule has 0 aliphatic carbocycles. The number of rotatable bonds is 8. The van der Waals surface area contributed by atoms with Crippen molar-refractivity contribution in [3.8, 4) is 11.7 Å². The van der Waals surface area contributed by atoms with Gasteiger partial charge in [-0.05, 0) is 36.8 Å².